The van der Waals surface area contributed by atoms with E-state index in [4.69, 9.17) is 4.42 Å². The quantitative estimate of drug-likeness (QED) is 0.591. The highest BCUT2D eigenvalue weighted by Crippen LogP contribution is 2.22. The van der Waals surface area contributed by atoms with Crippen molar-refractivity contribution in [3.63, 3.8) is 0 Å². The summed E-state index contributed by atoms with van der Waals surface area (Å²) in [5, 5.41) is 7.15. The molecule has 1 aromatic heterocycles. The molecule has 0 bridgehead atoms. The fourth-order valence-electron chi connectivity index (χ4n) is 3.00. The third-order valence-electron chi connectivity index (χ3n) is 4.18. The van der Waals surface area contributed by atoms with Gasteiger partial charge in [0.1, 0.15) is 5.76 Å². The Morgan fingerprint density at radius 1 is 1.43 bits per heavy atom. The first-order chi connectivity index (χ1) is 11.2. The number of guanidine groups is 1. The van der Waals surface area contributed by atoms with E-state index in [1.54, 1.807) is 6.26 Å². The molecule has 1 aliphatic carbocycles. The normalized spacial score (nSPS) is 23.5. The van der Waals surface area contributed by atoms with Gasteiger partial charge >= 0.3 is 0 Å². The van der Waals surface area contributed by atoms with Crippen LogP contribution in [0.5, 0.6) is 0 Å². The van der Waals surface area contributed by atoms with Crippen LogP contribution in [0.2, 0.25) is 0 Å². The maximum Gasteiger partial charge on any atom is 0.191 e. The molecule has 2 rings (SSSR count). The molecule has 3 atom stereocenters. The number of aliphatic imine (C=N–C) groups is 1. The molecule has 0 spiro atoms. The van der Waals surface area contributed by atoms with Gasteiger partial charge in [-0.15, -0.1) is 0 Å². The second kappa shape index (κ2) is 9.75. The number of hydrogen-bond acceptors (Lipinski definition) is 3. The molecule has 1 fully saturated rings. The Hall–Kier alpha value is -1.30. The lowest BCUT2D eigenvalue weighted by Gasteiger charge is -2.30. The first-order valence-corrected chi connectivity index (χ1v) is 10.1. The molecule has 0 saturated heterocycles. The highest BCUT2D eigenvalue weighted by Gasteiger charge is 2.25. The van der Waals surface area contributed by atoms with Crippen LogP contribution >= 0.6 is 0 Å². The summed E-state index contributed by atoms with van der Waals surface area (Å²) in [7, 11) is -0.691. The molecule has 0 aromatic carbocycles. The minimum Gasteiger partial charge on any atom is -0.469 e. The van der Waals surface area contributed by atoms with Gasteiger partial charge in [-0.25, -0.2) is 0 Å². The lowest BCUT2D eigenvalue weighted by molar-refractivity contribution is 0.413. The second-order valence-electron chi connectivity index (χ2n) is 5.89. The lowest BCUT2D eigenvalue weighted by atomic mass is 9.95. The van der Waals surface area contributed by atoms with Crippen molar-refractivity contribution in [3.8, 4) is 0 Å². The van der Waals surface area contributed by atoms with Crippen molar-refractivity contribution >= 4 is 16.8 Å². The molecule has 5 nitrogen and oxygen atoms in total. The number of rotatable bonds is 7. The number of furan rings is 1. The van der Waals surface area contributed by atoms with Gasteiger partial charge in [-0.3, -0.25) is 9.20 Å². The first kappa shape index (κ1) is 18.0. The minimum absolute atomic E-state index is 0.331. The van der Waals surface area contributed by atoms with Crippen LogP contribution in [0.25, 0.3) is 0 Å². The van der Waals surface area contributed by atoms with Crippen LogP contribution < -0.4 is 10.6 Å². The van der Waals surface area contributed by atoms with E-state index in [2.05, 4.69) is 22.5 Å². The van der Waals surface area contributed by atoms with Crippen molar-refractivity contribution < 1.29 is 8.63 Å². The number of nitrogens with zero attached hydrogens (tertiary/aromatic N) is 1. The van der Waals surface area contributed by atoms with Crippen molar-refractivity contribution in [2.24, 2.45) is 4.99 Å². The molecule has 0 radical (unpaired) electrons. The van der Waals surface area contributed by atoms with Gasteiger partial charge in [0.15, 0.2) is 5.96 Å². The summed E-state index contributed by atoms with van der Waals surface area (Å²) in [6.45, 7) is 5.61. The molecule has 130 valence electrons. The Balaban J connectivity index is 1.86. The zero-order chi connectivity index (χ0) is 16.5. The third-order valence-corrected chi connectivity index (χ3v) is 5.92. The van der Waals surface area contributed by atoms with Crippen LogP contribution in [0.15, 0.2) is 27.8 Å². The van der Waals surface area contributed by atoms with Crippen LogP contribution in [0, 0.1) is 0 Å². The summed E-state index contributed by atoms with van der Waals surface area (Å²) < 4.78 is 17.4. The van der Waals surface area contributed by atoms with E-state index in [1.807, 2.05) is 19.1 Å². The average Bonchev–Trinajstić information content (AvgIpc) is 3.08. The predicted molar refractivity (Wildman–Crippen MR) is 96.3 cm³/mol. The number of hydrogen-bond donors (Lipinski definition) is 2. The summed E-state index contributed by atoms with van der Waals surface area (Å²) in [5.74, 6) is 2.57. The lowest BCUT2D eigenvalue weighted by Crippen LogP contribution is -2.46. The molecular formula is C17H29N3O2S. The van der Waals surface area contributed by atoms with Crippen LogP contribution in [0.4, 0.5) is 0 Å². The van der Waals surface area contributed by atoms with E-state index in [0.29, 0.717) is 17.8 Å². The van der Waals surface area contributed by atoms with Gasteiger partial charge in [-0.2, -0.15) is 0 Å². The molecule has 1 heterocycles. The van der Waals surface area contributed by atoms with E-state index in [0.717, 1.165) is 56.1 Å². The van der Waals surface area contributed by atoms with Crippen molar-refractivity contribution in [3.05, 3.63) is 24.2 Å². The zero-order valence-electron chi connectivity index (χ0n) is 14.2. The zero-order valence-corrected chi connectivity index (χ0v) is 15.0. The highest BCUT2D eigenvalue weighted by atomic mass is 32.2. The molecule has 1 saturated carbocycles. The van der Waals surface area contributed by atoms with E-state index in [9.17, 15) is 4.21 Å². The van der Waals surface area contributed by atoms with E-state index in [1.165, 1.54) is 0 Å². The Kier molecular flexibility index (Phi) is 7.65. The Morgan fingerprint density at radius 3 is 3.00 bits per heavy atom. The molecule has 1 aromatic rings. The van der Waals surface area contributed by atoms with E-state index < -0.39 is 10.8 Å². The van der Waals surface area contributed by atoms with Crippen molar-refractivity contribution in [2.45, 2.75) is 57.2 Å². The predicted octanol–water partition coefficient (Wildman–Crippen LogP) is 2.46. The molecule has 2 N–H and O–H groups in total. The highest BCUT2D eigenvalue weighted by molar-refractivity contribution is 7.85. The monoisotopic (exact) mass is 339 g/mol. The molecule has 0 aliphatic heterocycles. The fraction of sp³-hybridized carbons (Fsp3) is 0.706. The molecule has 3 unspecified atom stereocenters. The summed E-state index contributed by atoms with van der Waals surface area (Å²) >= 11 is 0. The Bertz CT molecular complexity index is 502. The van der Waals surface area contributed by atoms with E-state index in [-0.39, 0.29) is 0 Å². The van der Waals surface area contributed by atoms with Gasteiger partial charge < -0.3 is 15.1 Å². The standard InChI is InChI=1S/C17H29N3O2S/c1-3-18-17(19-11-10-15-8-6-12-22-15)20-14-7-5-9-16(13-14)23(21)4-2/h6,8,12,14,16H,3-5,7,9-11,13H2,1-2H3,(H2,18,19,20). The van der Waals surface area contributed by atoms with Crippen LogP contribution in [0.3, 0.4) is 0 Å². The first-order valence-electron chi connectivity index (χ1n) is 8.67. The van der Waals surface area contributed by atoms with Gasteiger partial charge in [-0.1, -0.05) is 13.3 Å². The molecule has 6 heteroatoms. The smallest absolute Gasteiger partial charge is 0.191 e. The summed E-state index contributed by atoms with van der Waals surface area (Å²) in [5.41, 5.74) is 0. The van der Waals surface area contributed by atoms with Crippen LogP contribution in [-0.2, 0) is 17.2 Å². The third kappa shape index (κ3) is 6.01. The molecular weight excluding hydrogens is 310 g/mol. The molecule has 23 heavy (non-hydrogen) atoms. The van der Waals surface area contributed by atoms with Crippen molar-refractivity contribution in [1.29, 1.82) is 0 Å². The molecule has 0 amide bonds. The van der Waals surface area contributed by atoms with Gasteiger partial charge in [-0.05, 0) is 38.3 Å². The molecule has 1 aliphatic rings. The van der Waals surface area contributed by atoms with Crippen LogP contribution in [0.1, 0.15) is 45.3 Å². The maximum atomic E-state index is 12.1. The number of nitrogens with one attached hydrogen (secondary N) is 2. The van der Waals surface area contributed by atoms with Gasteiger partial charge in [0.25, 0.3) is 0 Å². The SMILES string of the molecule is CCNC(=NCCc1ccco1)NC1CCCC(S(=O)CC)C1. The topological polar surface area (TPSA) is 66.6 Å². The van der Waals surface area contributed by atoms with Crippen molar-refractivity contribution in [1.82, 2.24) is 10.6 Å². The van der Waals surface area contributed by atoms with Gasteiger partial charge in [0.05, 0.1) is 6.26 Å². The van der Waals surface area contributed by atoms with E-state index >= 15 is 0 Å². The minimum atomic E-state index is -0.691. The summed E-state index contributed by atoms with van der Waals surface area (Å²) in [4.78, 5) is 4.63. The fourth-order valence-corrected chi connectivity index (χ4v) is 4.34. The van der Waals surface area contributed by atoms with Crippen LogP contribution in [-0.4, -0.2) is 40.3 Å². The Morgan fingerprint density at radius 2 is 2.30 bits per heavy atom. The second-order valence-corrected chi connectivity index (χ2v) is 7.89. The van der Waals surface area contributed by atoms with Gasteiger partial charge in [0.2, 0.25) is 0 Å². The summed E-state index contributed by atoms with van der Waals surface area (Å²) in [6, 6.07) is 4.24. The Labute approximate surface area is 141 Å². The average molecular weight is 340 g/mol. The van der Waals surface area contributed by atoms with Crippen molar-refractivity contribution in [2.75, 3.05) is 18.8 Å². The summed E-state index contributed by atoms with van der Waals surface area (Å²) in [6.07, 6.45) is 6.82. The van der Waals surface area contributed by atoms with Gasteiger partial charge in [0, 0.05) is 47.4 Å². The largest absolute Gasteiger partial charge is 0.469 e. The maximum absolute atomic E-state index is 12.1.